The van der Waals surface area contributed by atoms with Crippen LogP contribution in [0.5, 0.6) is 11.5 Å². The number of hydrogen-bond acceptors (Lipinski definition) is 4. The largest absolute Gasteiger partial charge is 0.497 e. The van der Waals surface area contributed by atoms with Gasteiger partial charge in [0.1, 0.15) is 11.5 Å². The summed E-state index contributed by atoms with van der Waals surface area (Å²) in [5, 5.41) is 0.817. The molecule has 2 rings (SSSR count). The summed E-state index contributed by atoms with van der Waals surface area (Å²) in [5.41, 5.74) is 0.850. The lowest BCUT2D eigenvalue weighted by Gasteiger charge is -2.34. The number of halogens is 1. The van der Waals surface area contributed by atoms with Crippen molar-refractivity contribution in [2.24, 2.45) is 0 Å². The van der Waals surface area contributed by atoms with Crippen LogP contribution in [-0.2, 0) is 16.1 Å². The molecule has 2 amide bonds. The summed E-state index contributed by atoms with van der Waals surface area (Å²) >= 11 is 3.34. The van der Waals surface area contributed by atoms with Crippen LogP contribution < -0.4 is 9.47 Å². The molecule has 23 heavy (non-hydrogen) atoms. The summed E-state index contributed by atoms with van der Waals surface area (Å²) in [4.78, 5) is 27.6. The SMILES string of the molecule is COc1ccc(CN2CCN(CCCBr)C(=O)C2=O)c(OC)c1. The van der Waals surface area contributed by atoms with E-state index >= 15 is 0 Å². The molecule has 1 aromatic rings. The maximum Gasteiger partial charge on any atom is 0.312 e. The molecule has 1 heterocycles. The van der Waals surface area contributed by atoms with E-state index in [1.54, 1.807) is 30.1 Å². The van der Waals surface area contributed by atoms with Gasteiger partial charge in [-0.2, -0.15) is 0 Å². The molecule has 0 atom stereocenters. The number of alkyl halides is 1. The molecular formula is C16H21BrN2O4. The molecule has 1 aliphatic rings. The van der Waals surface area contributed by atoms with Gasteiger partial charge in [0.25, 0.3) is 0 Å². The summed E-state index contributed by atoms with van der Waals surface area (Å²) < 4.78 is 10.5. The maximum absolute atomic E-state index is 12.3. The number of rotatable bonds is 7. The van der Waals surface area contributed by atoms with Crippen LogP contribution in [0.25, 0.3) is 0 Å². The zero-order valence-corrected chi connectivity index (χ0v) is 15.0. The topological polar surface area (TPSA) is 59.1 Å². The van der Waals surface area contributed by atoms with Gasteiger partial charge in [0, 0.05) is 43.1 Å². The molecule has 0 radical (unpaired) electrons. The fraction of sp³-hybridized carbons (Fsp3) is 0.500. The second-order valence-corrected chi connectivity index (χ2v) is 6.03. The maximum atomic E-state index is 12.3. The van der Waals surface area contributed by atoms with E-state index in [0.717, 1.165) is 17.3 Å². The minimum Gasteiger partial charge on any atom is -0.497 e. The molecule has 126 valence electrons. The molecule has 0 unspecified atom stereocenters. The summed E-state index contributed by atoms with van der Waals surface area (Å²) in [6.07, 6.45) is 0.839. The van der Waals surface area contributed by atoms with Crippen LogP contribution in [0, 0.1) is 0 Å². The molecule has 7 heteroatoms. The van der Waals surface area contributed by atoms with Crippen molar-refractivity contribution in [3.8, 4) is 11.5 Å². The van der Waals surface area contributed by atoms with Gasteiger partial charge in [-0.15, -0.1) is 0 Å². The van der Waals surface area contributed by atoms with Crippen LogP contribution in [0.2, 0.25) is 0 Å². The average Bonchev–Trinajstić information content (AvgIpc) is 2.58. The number of piperazine rings is 1. The third-order valence-corrected chi connectivity index (χ3v) is 4.38. The first kappa shape index (κ1) is 17.6. The highest BCUT2D eigenvalue weighted by Gasteiger charge is 2.32. The van der Waals surface area contributed by atoms with Crippen molar-refractivity contribution < 1.29 is 19.1 Å². The van der Waals surface area contributed by atoms with Crippen LogP contribution in [0.4, 0.5) is 0 Å². The molecular weight excluding hydrogens is 364 g/mol. The number of ether oxygens (including phenoxy) is 2. The number of carbonyl (C=O) groups excluding carboxylic acids is 2. The number of nitrogens with zero attached hydrogens (tertiary/aromatic N) is 2. The van der Waals surface area contributed by atoms with Crippen molar-refractivity contribution >= 4 is 27.7 Å². The molecule has 0 aliphatic carbocycles. The minimum atomic E-state index is -0.455. The summed E-state index contributed by atoms with van der Waals surface area (Å²) in [6, 6.07) is 5.44. The summed E-state index contributed by atoms with van der Waals surface area (Å²) in [7, 11) is 3.16. The predicted octanol–water partition coefficient (Wildman–Crippen LogP) is 1.66. The first-order valence-electron chi connectivity index (χ1n) is 7.45. The lowest BCUT2D eigenvalue weighted by Crippen LogP contribution is -2.54. The van der Waals surface area contributed by atoms with E-state index in [1.165, 1.54) is 0 Å². The number of amides is 2. The monoisotopic (exact) mass is 384 g/mol. The minimum absolute atomic E-state index is 0.351. The van der Waals surface area contributed by atoms with Gasteiger partial charge < -0.3 is 19.3 Å². The number of methoxy groups -OCH3 is 2. The van der Waals surface area contributed by atoms with Gasteiger partial charge in [-0.05, 0) is 18.6 Å². The molecule has 1 saturated heterocycles. The van der Waals surface area contributed by atoms with Crippen molar-refractivity contribution in [2.75, 3.05) is 39.2 Å². The second kappa shape index (κ2) is 8.19. The van der Waals surface area contributed by atoms with Gasteiger partial charge in [-0.1, -0.05) is 15.9 Å². The van der Waals surface area contributed by atoms with Crippen LogP contribution in [0.1, 0.15) is 12.0 Å². The highest BCUT2D eigenvalue weighted by atomic mass is 79.9. The van der Waals surface area contributed by atoms with E-state index in [9.17, 15) is 9.59 Å². The Morgan fingerprint density at radius 1 is 1.09 bits per heavy atom. The number of carbonyl (C=O) groups is 2. The number of benzene rings is 1. The van der Waals surface area contributed by atoms with Crippen molar-refractivity contribution in [3.63, 3.8) is 0 Å². The molecule has 1 aliphatic heterocycles. The van der Waals surface area contributed by atoms with E-state index in [4.69, 9.17) is 9.47 Å². The van der Waals surface area contributed by atoms with Gasteiger partial charge in [0.05, 0.1) is 14.2 Å². The van der Waals surface area contributed by atoms with Crippen LogP contribution in [0.15, 0.2) is 18.2 Å². The van der Waals surface area contributed by atoms with E-state index in [2.05, 4.69) is 15.9 Å². The Balaban J connectivity index is 2.07. The van der Waals surface area contributed by atoms with E-state index in [-0.39, 0.29) is 0 Å². The van der Waals surface area contributed by atoms with Gasteiger partial charge in [-0.3, -0.25) is 9.59 Å². The van der Waals surface area contributed by atoms with Crippen LogP contribution in [-0.4, -0.2) is 60.8 Å². The van der Waals surface area contributed by atoms with Gasteiger partial charge in [-0.25, -0.2) is 0 Å². The van der Waals surface area contributed by atoms with Crippen molar-refractivity contribution in [3.05, 3.63) is 23.8 Å². The zero-order valence-electron chi connectivity index (χ0n) is 13.4. The normalized spacial score (nSPS) is 15.1. The summed E-state index contributed by atoms with van der Waals surface area (Å²) in [6.45, 7) is 2.05. The lowest BCUT2D eigenvalue weighted by molar-refractivity contribution is -0.156. The Labute approximate surface area is 144 Å². The van der Waals surface area contributed by atoms with Crippen molar-refractivity contribution in [1.82, 2.24) is 9.80 Å². The first-order chi connectivity index (χ1) is 11.1. The smallest absolute Gasteiger partial charge is 0.312 e. The molecule has 1 fully saturated rings. The Morgan fingerprint density at radius 2 is 1.78 bits per heavy atom. The molecule has 0 spiro atoms. The molecule has 6 nitrogen and oxygen atoms in total. The Bertz CT molecular complexity index is 579. The lowest BCUT2D eigenvalue weighted by atomic mass is 10.1. The zero-order chi connectivity index (χ0) is 16.8. The van der Waals surface area contributed by atoms with Crippen molar-refractivity contribution in [1.29, 1.82) is 0 Å². The molecule has 0 N–H and O–H groups in total. The van der Waals surface area contributed by atoms with Crippen molar-refractivity contribution in [2.45, 2.75) is 13.0 Å². The van der Waals surface area contributed by atoms with E-state index < -0.39 is 11.8 Å². The molecule has 0 bridgehead atoms. The molecule has 0 saturated carbocycles. The first-order valence-corrected chi connectivity index (χ1v) is 8.58. The quantitative estimate of drug-likeness (QED) is 0.529. The van der Waals surface area contributed by atoms with Crippen LogP contribution in [0.3, 0.4) is 0 Å². The second-order valence-electron chi connectivity index (χ2n) is 5.24. The third-order valence-electron chi connectivity index (χ3n) is 3.81. The third kappa shape index (κ3) is 4.16. The van der Waals surface area contributed by atoms with Gasteiger partial charge >= 0.3 is 11.8 Å². The average molecular weight is 385 g/mol. The Morgan fingerprint density at radius 3 is 2.43 bits per heavy atom. The van der Waals surface area contributed by atoms with Gasteiger partial charge in [0.2, 0.25) is 0 Å². The predicted molar refractivity (Wildman–Crippen MR) is 90.0 cm³/mol. The highest BCUT2D eigenvalue weighted by Crippen LogP contribution is 2.26. The Kier molecular flexibility index (Phi) is 6.27. The van der Waals surface area contributed by atoms with E-state index in [1.807, 2.05) is 12.1 Å². The fourth-order valence-corrected chi connectivity index (χ4v) is 2.77. The number of hydrogen-bond donors (Lipinski definition) is 0. The standard InChI is InChI=1S/C16H21BrN2O4/c1-22-13-5-4-12(14(10-13)23-2)11-19-9-8-18(7-3-6-17)15(20)16(19)21/h4-5,10H,3,6-9,11H2,1-2H3. The van der Waals surface area contributed by atoms with E-state index in [0.29, 0.717) is 37.7 Å². The highest BCUT2D eigenvalue weighted by molar-refractivity contribution is 9.09. The molecule has 1 aromatic carbocycles. The summed E-state index contributed by atoms with van der Waals surface area (Å²) in [5.74, 6) is 0.451. The Hall–Kier alpha value is -1.76. The van der Waals surface area contributed by atoms with Crippen LogP contribution >= 0.6 is 15.9 Å². The fourth-order valence-electron chi connectivity index (χ4n) is 2.52. The van der Waals surface area contributed by atoms with Gasteiger partial charge in [0.15, 0.2) is 0 Å². The molecule has 0 aromatic heterocycles.